The Morgan fingerprint density at radius 2 is 2.25 bits per heavy atom. The number of aryl methyl sites for hydroxylation is 1. The molecule has 1 aromatic carbocycles. The van der Waals surface area contributed by atoms with Gasteiger partial charge < -0.3 is 20.5 Å². The summed E-state index contributed by atoms with van der Waals surface area (Å²) in [6.45, 7) is 5.70. The van der Waals surface area contributed by atoms with Crippen LogP contribution >= 0.6 is 0 Å². The number of rotatable bonds is 5. The topological polar surface area (TPSA) is 110 Å². The summed E-state index contributed by atoms with van der Waals surface area (Å²) in [5, 5.41) is 12.5. The number of nitrogens with zero attached hydrogens (tertiary/aromatic N) is 2. The second-order valence-corrected chi connectivity index (χ2v) is 6.40. The molecule has 0 spiro atoms. The molecule has 144 valence electrons. The van der Waals surface area contributed by atoms with E-state index in [1.54, 1.807) is 26.1 Å². The second kappa shape index (κ2) is 7.61. The van der Waals surface area contributed by atoms with Crippen LogP contribution in [0.1, 0.15) is 46.1 Å². The third kappa shape index (κ3) is 3.14. The van der Waals surface area contributed by atoms with Crippen molar-refractivity contribution in [2.75, 3.05) is 19.0 Å². The van der Waals surface area contributed by atoms with Crippen molar-refractivity contribution in [3.63, 3.8) is 0 Å². The number of aromatic nitrogens is 1. The predicted molar refractivity (Wildman–Crippen MR) is 105 cm³/mol. The molecule has 2 aromatic rings. The Labute approximate surface area is 168 Å². The van der Waals surface area contributed by atoms with E-state index in [9.17, 15) is 10.1 Å². The number of benzene rings is 1. The van der Waals surface area contributed by atoms with Crippen LogP contribution in [-0.2, 0) is 4.79 Å². The summed E-state index contributed by atoms with van der Waals surface area (Å²) < 4.78 is 33.6. The summed E-state index contributed by atoms with van der Waals surface area (Å²) in [5.74, 6) is -1.26. The number of allylic oxidation sites excluding steroid dienone is 1. The summed E-state index contributed by atoms with van der Waals surface area (Å²) in [5.41, 5.74) is 9.09. The Bertz CT molecular complexity index is 1120. The fraction of sp³-hybridized carbons (Fsp3) is 0.286. The summed E-state index contributed by atoms with van der Waals surface area (Å²) in [4.78, 5) is 16.9. The standard InChI is InChI=1S/C21H22N4O3/c1-5-28-21-18-17(14-7-6-13(9-22)8-15(14)27-4)16(20(23)26)12(3)25-19(18)11(2)10-24-21/h6-8,10,17,25H,5H2,1-4H3,(H2,23,26)/t17-/m1/s1/i4D3. The van der Waals surface area contributed by atoms with Crippen LogP contribution in [-0.4, -0.2) is 24.5 Å². The molecule has 1 aliphatic heterocycles. The molecule has 0 unspecified atom stereocenters. The third-order valence-corrected chi connectivity index (χ3v) is 4.67. The number of carbonyl (C=O) groups excluding carboxylic acids is 1. The van der Waals surface area contributed by atoms with Gasteiger partial charge in [0.15, 0.2) is 0 Å². The van der Waals surface area contributed by atoms with Crippen LogP contribution in [0, 0.1) is 18.3 Å². The number of nitrogens with one attached hydrogen (secondary N) is 1. The van der Waals surface area contributed by atoms with Gasteiger partial charge in [0.1, 0.15) is 5.75 Å². The maximum absolute atomic E-state index is 12.5. The van der Waals surface area contributed by atoms with Crippen molar-refractivity contribution in [3.8, 4) is 17.7 Å². The van der Waals surface area contributed by atoms with Gasteiger partial charge in [-0.05, 0) is 38.5 Å². The lowest BCUT2D eigenvalue weighted by Crippen LogP contribution is -2.28. The Kier molecular flexibility index (Phi) is 4.22. The number of anilines is 1. The molecule has 7 heteroatoms. The zero-order chi connectivity index (χ0) is 22.9. The number of hydrogen-bond acceptors (Lipinski definition) is 6. The molecule has 0 saturated heterocycles. The number of hydrogen-bond donors (Lipinski definition) is 2. The molecule has 0 aliphatic carbocycles. The molecule has 28 heavy (non-hydrogen) atoms. The minimum absolute atomic E-state index is 0.0487. The average Bonchev–Trinajstić information content (AvgIpc) is 2.68. The van der Waals surface area contributed by atoms with E-state index in [-0.39, 0.29) is 22.8 Å². The van der Waals surface area contributed by atoms with Crippen molar-refractivity contribution < 1.29 is 18.4 Å². The van der Waals surface area contributed by atoms with Gasteiger partial charge in [-0.3, -0.25) is 4.79 Å². The highest BCUT2D eigenvalue weighted by Gasteiger charge is 2.36. The molecule has 1 aliphatic rings. The first kappa shape index (κ1) is 15.5. The number of nitrogens with two attached hydrogens (primary N) is 1. The SMILES string of the molecule is [2H]C([2H])([2H])Oc1cc(C#N)ccc1[C@@H]1C(C(N)=O)=C(C)Nc2c(C)cnc(OCC)c21. The maximum Gasteiger partial charge on any atom is 0.247 e. The van der Waals surface area contributed by atoms with Crippen molar-refractivity contribution in [1.29, 1.82) is 5.26 Å². The number of carbonyl (C=O) groups is 1. The van der Waals surface area contributed by atoms with E-state index in [2.05, 4.69) is 10.3 Å². The maximum atomic E-state index is 12.5. The molecule has 1 amide bonds. The quantitative estimate of drug-likeness (QED) is 0.824. The van der Waals surface area contributed by atoms with Crippen LogP contribution < -0.4 is 20.5 Å². The zero-order valence-corrected chi connectivity index (χ0v) is 15.8. The normalized spacial score (nSPS) is 17.4. The highest BCUT2D eigenvalue weighted by atomic mass is 16.5. The Morgan fingerprint density at radius 1 is 1.46 bits per heavy atom. The first-order valence-electron chi connectivity index (χ1n) is 10.2. The van der Waals surface area contributed by atoms with Gasteiger partial charge in [0.2, 0.25) is 11.8 Å². The molecule has 0 radical (unpaired) electrons. The van der Waals surface area contributed by atoms with Crippen molar-refractivity contribution in [2.24, 2.45) is 5.73 Å². The third-order valence-electron chi connectivity index (χ3n) is 4.67. The van der Waals surface area contributed by atoms with E-state index in [1.165, 1.54) is 12.1 Å². The van der Waals surface area contributed by atoms with Gasteiger partial charge in [0.05, 0.1) is 46.6 Å². The van der Waals surface area contributed by atoms with Gasteiger partial charge in [-0.2, -0.15) is 5.26 Å². The van der Waals surface area contributed by atoms with Crippen molar-refractivity contribution >= 4 is 11.6 Å². The lowest BCUT2D eigenvalue weighted by molar-refractivity contribution is -0.114. The predicted octanol–water partition coefficient (Wildman–Crippen LogP) is 2.99. The van der Waals surface area contributed by atoms with Gasteiger partial charge in [-0.1, -0.05) is 6.07 Å². The Balaban J connectivity index is 2.38. The fourth-order valence-corrected chi connectivity index (χ4v) is 3.48. The second-order valence-electron chi connectivity index (χ2n) is 6.40. The number of pyridine rings is 1. The van der Waals surface area contributed by atoms with E-state index < -0.39 is 18.9 Å². The molecule has 0 bridgehead atoms. The average molecular weight is 381 g/mol. The van der Waals surface area contributed by atoms with Crippen LogP contribution in [0.25, 0.3) is 0 Å². The number of ether oxygens (including phenoxy) is 2. The summed E-state index contributed by atoms with van der Waals surface area (Å²) in [7, 11) is -2.77. The van der Waals surface area contributed by atoms with Gasteiger partial charge in [-0.25, -0.2) is 4.98 Å². The van der Waals surface area contributed by atoms with E-state index in [1.807, 2.05) is 13.0 Å². The molecule has 0 fully saturated rings. The van der Waals surface area contributed by atoms with Crippen LogP contribution in [0.5, 0.6) is 11.6 Å². The van der Waals surface area contributed by atoms with Gasteiger partial charge >= 0.3 is 0 Å². The van der Waals surface area contributed by atoms with Crippen LogP contribution in [0.2, 0.25) is 0 Å². The number of primary amides is 1. The molecule has 3 rings (SSSR count). The van der Waals surface area contributed by atoms with E-state index in [0.717, 1.165) is 5.56 Å². The molecule has 1 atom stereocenters. The van der Waals surface area contributed by atoms with Crippen molar-refractivity contribution in [2.45, 2.75) is 26.7 Å². The molecule has 0 saturated carbocycles. The number of fused-ring (bicyclic) bond motifs is 1. The largest absolute Gasteiger partial charge is 0.496 e. The van der Waals surface area contributed by atoms with Gasteiger partial charge in [-0.15, -0.1) is 0 Å². The monoisotopic (exact) mass is 381 g/mol. The number of methoxy groups -OCH3 is 1. The highest BCUT2D eigenvalue weighted by Crippen LogP contribution is 2.48. The molecule has 2 heterocycles. The summed E-state index contributed by atoms with van der Waals surface area (Å²) in [6.07, 6.45) is 1.65. The van der Waals surface area contributed by atoms with Gasteiger partial charge in [0, 0.05) is 23.0 Å². The van der Waals surface area contributed by atoms with Crippen LogP contribution in [0.3, 0.4) is 0 Å². The van der Waals surface area contributed by atoms with Crippen LogP contribution in [0.15, 0.2) is 35.7 Å². The number of nitriles is 1. The smallest absolute Gasteiger partial charge is 0.247 e. The Hall–Kier alpha value is -3.53. The lowest BCUT2D eigenvalue weighted by atomic mass is 9.79. The van der Waals surface area contributed by atoms with E-state index in [0.29, 0.717) is 29.1 Å². The minimum Gasteiger partial charge on any atom is -0.496 e. The zero-order valence-electron chi connectivity index (χ0n) is 18.8. The lowest BCUT2D eigenvalue weighted by Gasteiger charge is -2.32. The van der Waals surface area contributed by atoms with E-state index >= 15 is 0 Å². The minimum atomic E-state index is -2.77. The van der Waals surface area contributed by atoms with Gasteiger partial charge in [0.25, 0.3) is 0 Å². The van der Waals surface area contributed by atoms with E-state index in [4.69, 9.17) is 19.3 Å². The summed E-state index contributed by atoms with van der Waals surface area (Å²) in [6, 6.07) is 6.40. The molecule has 1 aromatic heterocycles. The molecular weight excluding hydrogens is 356 g/mol. The Morgan fingerprint density at radius 3 is 2.89 bits per heavy atom. The molecule has 7 nitrogen and oxygen atoms in total. The highest BCUT2D eigenvalue weighted by molar-refractivity contribution is 5.98. The molecule has 3 N–H and O–H groups in total. The fourth-order valence-electron chi connectivity index (χ4n) is 3.48. The van der Waals surface area contributed by atoms with Crippen molar-refractivity contribution in [3.05, 3.63) is 57.9 Å². The first-order valence-corrected chi connectivity index (χ1v) is 8.70. The van der Waals surface area contributed by atoms with Crippen molar-refractivity contribution in [1.82, 2.24) is 4.98 Å². The first-order chi connectivity index (χ1) is 14.6. The van der Waals surface area contributed by atoms with Crippen LogP contribution in [0.4, 0.5) is 5.69 Å². The number of amides is 1. The summed E-state index contributed by atoms with van der Waals surface area (Å²) >= 11 is 0. The molecular formula is C21H22N4O3.